The van der Waals surface area contributed by atoms with Crippen LogP contribution in [-0.2, 0) is 6.42 Å². The lowest BCUT2D eigenvalue weighted by Gasteiger charge is -2.19. The lowest BCUT2D eigenvalue weighted by Crippen LogP contribution is -2.20. The van der Waals surface area contributed by atoms with Crippen molar-refractivity contribution in [2.24, 2.45) is 0 Å². The number of hydrogen-bond acceptors (Lipinski definition) is 3. The van der Waals surface area contributed by atoms with Crippen molar-refractivity contribution < 1.29 is 0 Å². The Balaban J connectivity index is 2.02. The summed E-state index contributed by atoms with van der Waals surface area (Å²) >= 11 is 0. The first-order valence-corrected chi connectivity index (χ1v) is 6.32. The Morgan fingerprint density at radius 1 is 1.26 bits per heavy atom. The molecule has 0 bridgehead atoms. The summed E-state index contributed by atoms with van der Waals surface area (Å²) in [4.78, 5) is 6.50. The molecule has 0 aliphatic rings. The van der Waals surface area contributed by atoms with Crippen LogP contribution < -0.4 is 4.90 Å². The number of nitrogens with zero attached hydrogens (tertiary/aromatic N) is 3. The van der Waals surface area contributed by atoms with E-state index in [9.17, 15) is 0 Å². The van der Waals surface area contributed by atoms with Gasteiger partial charge in [0, 0.05) is 37.6 Å². The third-order valence-corrected chi connectivity index (χ3v) is 3.20. The second-order valence-electron chi connectivity index (χ2n) is 4.60. The van der Waals surface area contributed by atoms with Crippen molar-refractivity contribution in [3.05, 3.63) is 59.4 Å². The van der Waals surface area contributed by atoms with E-state index in [-0.39, 0.29) is 0 Å². The van der Waals surface area contributed by atoms with Gasteiger partial charge in [-0.1, -0.05) is 6.07 Å². The molecule has 0 aliphatic carbocycles. The van der Waals surface area contributed by atoms with Crippen molar-refractivity contribution in [3.8, 4) is 6.07 Å². The summed E-state index contributed by atoms with van der Waals surface area (Å²) in [5.41, 5.74) is 3.98. The van der Waals surface area contributed by atoms with Crippen LogP contribution in [0.1, 0.15) is 16.8 Å². The van der Waals surface area contributed by atoms with Crippen LogP contribution in [0.25, 0.3) is 0 Å². The molecule has 0 radical (unpaired) electrons. The van der Waals surface area contributed by atoms with E-state index in [1.165, 1.54) is 0 Å². The third kappa shape index (κ3) is 3.32. The lowest BCUT2D eigenvalue weighted by molar-refractivity contribution is 0.852. The van der Waals surface area contributed by atoms with Crippen molar-refractivity contribution in [1.82, 2.24) is 4.98 Å². The molecule has 2 rings (SSSR count). The van der Waals surface area contributed by atoms with E-state index in [0.717, 1.165) is 35.5 Å². The van der Waals surface area contributed by atoms with Gasteiger partial charge >= 0.3 is 0 Å². The van der Waals surface area contributed by atoms with Gasteiger partial charge in [-0.25, -0.2) is 0 Å². The van der Waals surface area contributed by atoms with Crippen molar-refractivity contribution in [1.29, 1.82) is 5.26 Å². The average Bonchev–Trinajstić information content (AvgIpc) is 2.45. The van der Waals surface area contributed by atoms with Gasteiger partial charge in [0.25, 0.3) is 0 Å². The van der Waals surface area contributed by atoms with Crippen molar-refractivity contribution in [2.75, 3.05) is 18.5 Å². The highest BCUT2D eigenvalue weighted by Gasteiger charge is 2.04. The number of benzene rings is 1. The van der Waals surface area contributed by atoms with Crippen LogP contribution in [0.5, 0.6) is 0 Å². The fourth-order valence-electron chi connectivity index (χ4n) is 1.97. The zero-order valence-corrected chi connectivity index (χ0v) is 11.3. The average molecular weight is 251 g/mol. The molecule has 3 heteroatoms. The van der Waals surface area contributed by atoms with Gasteiger partial charge in [-0.2, -0.15) is 5.26 Å². The SMILES string of the molecule is Cc1cc(N(C)CCc2ccccn2)ccc1C#N. The normalized spacial score (nSPS) is 9.95. The van der Waals surface area contributed by atoms with Crippen LogP contribution in [-0.4, -0.2) is 18.6 Å². The van der Waals surface area contributed by atoms with Gasteiger partial charge in [-0.3, -0.25) is 4.98 Å². The Morgan fingerprint density at radius 2 is 2.11 bits per heavy atom. The zero-order chi connectivity index (χ0) is 13.7. The molecule has 0 atom stereocenters. The van der Waals surface area contributed by atoms with Crippen LogP contribution in [0.4, 0.5) is 5.69 Å². The fourth-order valence-corrected chi connectivity index (χ4v) is 1.97. The monoisotopic (exact) mass is 251 g/mol. The van der Waals surface area contributed by atoms with E-state index < -0.39 is 0 Å². The molecular weight excluding hydrogens is 234 g/mol. The molecule has 96 valence electrons. The number of pyridine rings is 1. The van der Waals surface area contributed by atoms with Crippen LogP contribution in [0.2, 0.25) is 0 Å². The minimum absolute atomic E-state index is 0.738. The predicted molar refractivity (Wildman–Crippen MR) is 77.1 cm³/mol. The van der Waals surface area contributed by atoms with Crippen molar-refractivity contribution in [2.45, 2.75) is 13.3 Å². The molecule has 1 aromatic heterocycles. The maximum atomic E-state index is 8.93. The van der Waals surface area contributed by atoms with E-state index in [0.29, 0.717) is 0 Å². The maximum absolute atomic E-state index is 8.93. The Bertz CT molecular complexity index is 585. The molecule has 19 heavy (non-hydrogen) atoms. The molecule has 0 saturated heterocycles. The van der Waals surface area contributed by atoms with Gasteiger partial charge in [0.1, 0.15) is 0 Å². The third-order valence-electron chi connectivity index (χ3n) is 3.20. The summed E-state index contributed by atoms with van der Waals surface area (Å²) in [5.74, 6) is 0. The van der Waals surface area contributed by atoms with Gasteiger partial charge in [0.15, 0.2) is 0 Å². The number of aromatic nitrogens is 1. The molecule has 1 heterocycles. The summed E-state index contributed by atoms with van der Waals surface area (Å²) in [6.07, 6.45) is 2.73. The standard InChI is InChI=1S/C16H17N3/c1-13-11-16(7-6-14(13)12-17)19(2)10-8-15-5-3-4-9-18-15/h3-7,9,11H,8,10H2,1-2H3. The van der Waals surface area contributed by atoms with Gasteiger partial charge in [0.05, 0.1) is 11.6 Å². The molecule has 0 unspecified atom stereocenters. The summed E-state index contributed by atoms with van der Waals surface area (Å²) in [5, 5.41) is 8.93. The summed E-state index contributed by atoms with van der Waals surface area (Å²) < 4.78 is 0. The zero-order valence-electron chi connectivity index (χ0n) is 11.3. The molecule has 0 saturated carbocycles. The lowest BCUT2D eigenvalue weighted by atomic mass is 10.1. The van der Waals surface area contributed by atoms with Crippen LogP contribution in [0, 0.1) is 18.3 Å². The summed E-state index contributed by atoms with van der Waals surface area (Å²) in [6.45, 7) is 2.87. The molecule has 0 fully saturated rings. The number of rotatable bonds is 4. The maximum Gasteiger partial charge on any atom is 0.0994 e. The molecule has 3 nitrogen and oxygen atoms in total. The van der Waals surface area contributed by atoms with Crippen molar-refractivity contribution in [3.63, 3.8) is 0 Å². The van der Waals surface area contributed by atoms with E-state index in [4.69, 9.17) is 5.26 Å². The van der Waals surface area contributed by atoms with Crippen LogP contribution in [0.3, 0.4) is 0 Å². The Labute approximate surface area is 114 Å². The molecule has 0 spiro atoms. The molecule has 0 aliphatic heterocycles. The Kier molecular flexibility index (Phi) is 4.15. The second-order valence-corrected chi connectivity index (χ2v) is 4.60. The second kappa shape index (κ2) is 6.01. The van der Waals surface area contributed by atoms with Gasteiger partial charge in [-0.05, 0) is 42.8 Å². The fraction of sp³-hybridized carbons (Fsp3) is 0.250. The Hall–Kier alpha value is -2.34. The van der Waals surface area contributed by atoms with Crippen LogP contribution in [0.15, 0.2) is 42.6 Å². The first-order valence-electron chi connectivity index (χ1n) is 6.32. The van der Waals surface area contributed by atoms with Gasteiger partial charge in [0.2, 0.25) is 0 Å². The minimum Gasteiger partial charge on any atom is -0.374 e. The van der Waals surface area contributed by atoms with Crippen LogP contribution >= 0.6 is 0 Å². The van der Waals surface area contributed by atoms with E-state index >= 15 is 0 Å². The van der Waals surface area contributed by atoms with Crippen molar-refractivity contribution >= 4 is 5.69 Å². The molecule has 0 amide bonds. The molecular formula is C16H17N3. The highest BCUT2D eigenvalue weighted by molar-refractivity contribution is 5.53. The number of nitriles is 1. The molecule has 2 aromatic rings. The smallest absolute Gasteiger partial charge is 0.0994 e. The van der Waals surface area contributed by atoms with Gasteiger partial charge in [-0.15, -0.1) is 0 Å². The van der Waals surface area contributed by atoms with Gasteiger partial charge < -0.3 is 4.90 Å². The number of aryl methyl sites for hydroxylation is 1. The number of anilines is 1. The first kappa shape index (κ1) is 13.1. The molecule has 1 aromatic carbocycles. The van der Waals surface area contributed by atoms with E-state index in [1.54, 1.807) is 0 Å². The minimum atomic E-state index is 0.738. The summed E-state index contributed by atoms with van der Waals surface area (Å²) in [7, 11) is 2.06. The topological polar surface area (TPSA) is 39.9 Å². The number of hydrogen-bond donors (Lipinski definition) is 0. The largest absolute Gasteiger partial charge is 0.374 e. The summed E-state index contributed by atoms with van der Waals surface area (Å²) in [6, 6.07) is 14.1. The highest BCUT2D eigenvalue weighted by atomic mass is 15.1. The van der Waals surface area contributed by atoms with E-state index in [1.807, 2.05) is 43.5 Å². The highest BCUT2D eigenvalue weighted by Crippen LogP contribution is 2.17. The first-order chi connectivity index (χ1) is 9.20. The quantitative estimate of drug-likeness (QED) is 0.838. The Morgan fingerprint density at radius 3 is 2.74 bits per heavy atom. The predicted octanol–water partition coefficient (Wildman–Crippen LogP) is 2.94. The molecule has 0 N–H and O–H groups in total. The van der Waals surface area contributed by atoms with E-state index in [2.05, 4.69) is 29.1 Å². The number of likely N-dealkylation sites (N-methyl/N-ethyl adjacent to an activating group) is 1.